The molecule has 60 valence electrons. The van der Waals surface area contributed by atoms with Crippen LogP contribution >= 0.6 is 11.3 Å². The fraction of sp³-hybridized carbons (Fsp3) is 0.444. The Balaban J connectivity index is 2.81. The van der Waals surface area contributed by atoms with Crippen LogP contribution in [0.1, 0.15) is 29.0 Å². The Hall–Kier alpha value is -0.630. The van der Waals surface area contributed by atoms with Gasteiger partial charge in [0.2, 0.25) is 0 Å². The summed E-state index contributed by atoms with van der Waals surface area (Å²) in [4.78, 5) is 13.0. The van der Waals surface area contributed by atoms with Gasteiger partial charge in [0.25, 0.3) is 0 Å². The van der Waals surface area contributed by atoms with E-state index in [1.807, 2.05) is 13.0 Å². The molecule has 1 aromatic heterocycles. The normalized spacial score (nSPS) is 12.9. The predicted molar refractivity (Wildman–Crippen MR) is 48.2 cm³/mol. The van der Waals surface area contributed by atoms with Gasteiger partial charge >= 0.3 is 0 Å². The van der Waals surface area contributed by atoms with E-state index in [4.69, 9.17) is 0 Å². The standard InChI is InChI=1S/C9H12OS/c1-3-8(6-10)9-5-4-7(2)11-9/h4-6,8H,3H2,1-2H3. The van der Waals surface area contributed by atoms with E-state index >= 15 is 0 Å². The van der Waals surface area contributed by atoms with Gasteiger partial charge in [-0.05, 0) is 25.5 Å². The number of thiophene rings is 1. The molecule has 1 heterocycles. The lowest BCUT2D eigenvalue weighted by Crippen LogP contribution is -1.93. The van der Waals surface area contributed by atoms with Crippen molar-refractivity contribution in [3.05, 3.63) is 21.9 Å². The van der Waals surface area contributed by atoms with Gasteiger partial charge in [-0.3, -0.25) is 0 Å². The second-order valence-corrected chi connectivity index (χ2v) is 3.92. The number of hydrogen-bond donors (Lipinski definition) is 0. The molecule has 2 heteroatoms. The number of carbonyl (C=O) groups excluding carboxylic acids is 1. The molecule has 0 saturated carbocycles. The third-order valence-corrected chi connectivity index (χ3v) is 2.86. The van der Waals surface area contributed by atoms with Crippen LogP contribution in [0.3, 0.4) is 0 Å². The zero-order valence-corrected chi connectivity index (χ0v) is 7.65. The SMILES string of the molecule is CCC(C=O)c1ccc(C)s1. The van der Waals surface area contributed by atoms with E-state index in [1.165, 1.54) is 9.75 Å². The minimum Gasteiger partial charge on any atom is -0.303 e. The maximum atomic E-state index is 10.6. The summed E-state index contributed by atoms with van der Waals surface area (Å²) in [6, 6.07) is 4.11. The molecule has 1 unspecified atom stereocenters. The van der Waals surface area contributed by atoms with E-state index in [2.05, 4.69) is 13.0 Å². The molecule has 0 amide bonds. The van der Waals surface area contributed by atoms with Crippen molar-refractivity contribution in [3.8, 4) is 0 Å². The Kier molecular flexibility index (Phi) is 2.83. The van der Waals surface area contributed by atoms with Crippen molar-refractivity contribution in [1.82, 2.24) is 0 Å². The molecular weight excluding hydrogens is 156 g/mol. The van der Waals surface area contributed by atoms with Gasteiger partial charge in [0.1, 0.15) is 6.29 Å². The molecule has 0 bridgehead atoms. The Bertz CT molecular complexity index is 239. The van der Waals surface area contributed by atoms with Crippen molar-refractivity contribution in [2.24, 2.45) is 0 Å². The van der Waals surface area contributed by atoms with Crippen LogP contribution in [-0.2, 0) is 4.79 Å². The molecule has 1 rings (SSSR count). The van der Waals surface area contributed by atoms with Crippen LogP contribution in [-0.4, -0.2) is 6.29 Å². The minimum absolute atomic E-state index is 0.119. The van der Waals surface area contributed by atoms with E-state index < -0.39 is 0 Å². The van der Waals surface area contributed by atoms with Crippen LogP contribution in [0.2, 0.25) is 0 Å². The van der Waals surface area contributed by atoms with Crippen LogP contribution in [0, 0.1) is 6.92 Å². The summed E-state index contributed by atoms with van der Waals surface area (Å²) in [5.41, 5.74) is 0. The highest BCUT2D eigenvalue weighted by Gasteiger charge is 2.08. The van der Waals surface area contributed by atoms with Crippen molar-refractivity contribution >= 4 is 17.6 Å². The molecular formula is C9H12OS. The number of aldehydes is 1. The van der Waals surface area contributed by atoms with Crippen molar-refractivity contribution in [1.29, 1.82) is 0 Å². The lowest BCUT2D eigenvalue weighted by Gasteiger charge is -2.01. The first-order valence-electron chi connectivity index (χ1n) is 3.79. The van der Waals surface area contributed by atoms with Crippen molar-refractivity contribution < 1.29 is 4.79 Å². The van der Waals surface area contributed by atoms with Gasteiger partial charge in [-0.25, -0.2) is 0 Å². The number of hydrogen-bond acceptors (Lipinski definition) is 2. The first-order valence-corrected chi connectivity index (χ1v) is 4.61. The average Bonchev–Trinajstić information content (AvgIpc) is 2.39. The van der Waals surface area contributed by atoms with Gasteiger partial charge in [-0.15, -0.1) is 11.3 Å². The molecule has 0 radical (unpaired) electrons. The van der Waals surface area contributed by atoms with Gasteiger partial charge in [0, 0.05) is 15.7 Å². The summed E-state index contributed by atoms with van der Waals surface area (Å²) in [7, 11) is 0. The zero-order chi connectivity index (χ0) is 8.27. The van der Waals surface area contributed by atoms with Crippen molar-refractivity contribution in [2.45, 2.75) is 26.2 Å². The third kappa shape index (κ3) is 1.90. The summed E-state index contributed by atoms with van der Waals surface area (Å²) in [5.74, 6) is 0.119. The lowest BCUT2D eigenvalue weighted by molar-refractivity contribution is -0.109. The Morgan fingerprint density at radius 2 is 2.36 bits per heavy atom. The summed E-state index contributed by atoms with van der Waals surface area (Å²) >= 11 is 1.71. The molecule has 1 aromatic rings. The highest BCUT2D eigenvalue weighted by molar-refractivity contribution is 7.12. The molecule has 0 fully saturated rings. The number of carbonyl (C=O) groups is 1. The summed E-state index contributed by atoms with van der Waals surface area (Å²) in [5, 5.41) is 0. The van der Waals surface area contributed by atoms with Crippen molar-refractivity contribution in [3.63, 3.8) is 0 Å². The molecule has 1 atom stereocenters. The van der Waals surface area contributed by atoms with Gasteiger partial charge in [-0.1, -0.05) is 6.92 Å². The largest absolute Gasteiger partial charge is 0.303 e. The number of rotatable bonds is 3. The molecule has 11 heavy (non-hydrogen) atoms. The topological polar surface area (TPSA) is 17.1 Å². The molecule has 0 aliphatic carbocycles. The van der Waals surface area contributed by atoms with E-state index in [0.717, 1.165) is 12.7 Å². The van der Waals surface area contributed by atoms with Crippen LogP contribution < -0.4 is 0 Å². The van der Waals surface area contributed by atoms with Gasteiger partial charge in [0.05, 0.1) is 0 Å². The summed E-state index contributed by atoms with van der Waals surface area (Å²) in [6.07, 6.45) is 1.94. The molecule has 0 aliphatic heterocycles. The van der Waals surface area contributed by atoms with E-state index in [0.29, 0.717) is 0 Å². The number of aryl methyl sites for hydroxylation is 1. The highest BCUT2D eigenvalue weighted by atomic mass is 32.1. The molecule has 0 aliphatic rings. The first-order chi connectivity index (χ1) is 5.27. The maximum absolute atomic E-state index is 10.6. The monoisotopic (exact) mass is 168 g/mol. The molecule has 0 spiro atoms. The second kappa shape index (κ2) is 3.67. The Morgan fingerprint density at radius 3 is 2.73 bits per heavy atom. The smallest absolute Gasteiger partial charge is 0.128 e. The minimum atomic E-state index is 0.119. The summed E-state index contributed by atoms with van der Waals surface area (Å²) < 4.78 is 0. The molecule has 1 nitrogen and oxygen atoms in total. The first kappa shape index (κ1) is 8.47. The Morgan fingerprint density at radius 1 is 1.64 bits per heavy atom. The van der Waals surface area contributed by atoms with Gasteiger partial charge in [-0.2, -0.15) is 0 Å². The molecule has 0 aromatic carbocycles. The Labute approximate surface area is 71.1 Å². The average molecular weight is 168 g/mol. The predicted octanol–water partition coefficient (Wildman–Crippen LogP) is 2.75. The van der Waals surface area contributed by atoms with Gasteiger partial charge in [0.15, 0.2) is 0 Å². The van der Waals surface area contributed by atoms with Gasteiger partial charge < -0.3 is 4.79 Å². The molecule has 0 N–H and O–H groups in total. The van der Waals surface area contributed by atoms with E-state index in [1.54, 1.807) is 11.3 Å². The van der Waals surface area contributed by atoms with E-state index in [9.17, 15) is 4.79 Å². The fourth-order valence-electron chi connectivity index (χ4n) is 1.02. The highest BCUT2D eigenvalue weighted by Crippen LogP contribution is 2.24. The van der Waals surface area contributed by atoms with Crippen LogP contribution in [0.15, 0.2) is 12.1 Å². The third-order valence-electron chi connectivity index (χ3n) is 1.73. The summed E-state index contributed by atoms with van der Waals surface area (Å²) in [6.45, 7) is 4.10. The van der Waals surface area contributed by atoms with E-state index in [-0.39, 0.29) is 5.92 Å². The van der Waals surface area contributed by atoms with Crippen LogP contribution in [0.5, 0.6) is 0 Å². The lowest BCUT2D eigenvalue weighted by atomic mass is 10.1. The fourth-order valence-corrected chi connectivity index (χ4v) is 2.03. The quantitative estimate of drug-likeness (QED) is 0.634. The van der Waals surface area contributed by atoms with Crippen molar-refractivity contribution in [2.75, 3.05) is 0 Å². The second-order valence-electron chi connectivity index (χ2n) is 2.60. The molecule has 0 saturated heterocycles. The van der Waals surface area contributed by atoms with Crippen LogP contribution in [0.4, 0.5) is 0 Å². The maximum Gasteiger partial charge on any atom is 0.128 e. The zero-order valence-electron chi connectivity index (χ0n) is 6.83. The van der Waals surface area contributed by atoms with Crippen LogP contribution in [0.25, 0.3) is 0 Å².